The minimum Gasteiger partial charge on any atom is -0.376 e. The third kappa shape index (κ3) is 6.21. The Morgan fingerprint density at radius 3 is 2.45 bits per heavy atom. The van der Waals surface area contributed by atoms with E-state index in [0.29, 0.717) is 6.04 Å². The number of rotatable bonds is 7. The molecule has 0 aromatic heterocycles. The Kier molecular flexibility index (Phi) is 7.94. The number of nitrogens with one attached hydrogen (secondary N) is 2. The minimum absolute atomic E-state index is 0.0936. The molecular formula is C24H36N4O. The molecule has 1 aromatic rings. The van der Waals surface area contributed by atoms with Crippen molar-refractivity contribution in [2.45, 2.75) is 88.8 Å². The molecule has 0 radical (unpaired) electrons. The standard InChI is InChI=1S/C24H36N4O/c1-28(21-12-5-4-6-13-21)18-20-11-7-8-14-22(20)26-17-23(29)27-24(19-25)15-9-2-3-10-16-24/h7-8,11,14,21,26H,2-6,9-10,12-13,15-18H2,1H3,(H,27,29). The van der Waals surface area contributed by atoms with Gasteiger partial charge in [-0.25, -0.2) is 0 Å². The number of hydrogen-bond acceptors (Lipinski definition) is 4. The summed E-state index contributed by atoms with van der Waals surface area (Å²) in [5.41, 5.74) is 1.55. The Hall–Kier alpha value is -2.06. The van der Waals surface area contributed by atoms with Crippen LogP contribution in [0.5, 0.6) is 0 Å². The summed E-state index contributed by atoms with van der Waals surface area (Å²) in [6.07, 6.45) is 12.4. The van der Waals surface area contributed by atoms with Gasteiger partial charge in [0.25, 0.3) is 0 Å². The topological polar surface area (TPSA) is 68.2 Å². The van der Waals surface area contributed by atoms with Crippen molar-refractivity contribution in [3.05, 3.63) is 29.8 Å². The maximum atomic E-state index is 12.6. The van der Waals surface area contributed by atoms with Crippen molar-refractivity contribution in [3.63, 3.8) is 0 Å². The number of carbonyl (C=O) groups excluding carboxylic acids is 1. The van der Waals surface area contributed by atoms with Crippen LogP contribution in [-0.4, -0.2) is 36.0 Å². The van der Waals surface area contributed by atoms with E-state index in [1.165, 1.54) is 37.7 Å². The summed E-state index contributed by atoms with van der Waals surface area (Å²) in [6.45, 7) is 1.09. The second-order valence-corrected chi connectivity index (χ2v) is 8.87. The van der Waals surface area contributed by atoms with Crippen LogP contribution in [0.25, 0.3) is 0 Å². The number of nitriles is 1. The van der Waals surface area contributed by atoms with E-state index in [0.717, 1.165) is 50.8 Å². The molecule has 2 N–H and O–H groups in total. The first-order chi connectivity index (χ1) is 14.1. The summed E-state index contributed by atoms with van der Waals surface area (Å²) in [5, 5.41) is 16.0. The van der Waals surface area contributed by atoms with Crippen LogP contribution in [0.3, 0.4) is 0 Å². The third-order valence-corrected chi connectivity index (χ3v) is 6.62. The molecule has 1 aromatic carbocycles. The van der Waals surface area contributed by atoms with E-state index in [1.54, 1.807) is 0 Å². The SMILES string of the molecule is CN(Cc1ccccc1NCC(=O)NC1(C#N)CCCCCC1)C1CCCCC1. The zero-order valence-corrected chi connectivity index (χ0v) is 17.9. The fraction of sp³-hybridized carbons (Fsp3) is 0.667. The zero-order chi connectivity index (χ0) is 20.5. The van der Waals surface area contributed by atoms with E-state index in [9.17, 15) is 10.1 Å². The highest BCUT2D eigenvalue weighted by Gasteiger charge is 2.32. The van der Waals surface area contributed by atoms with E-state index in [-0.39, 0.29) is 12.5 Å². The molecule has 0 saturated heterocycles. The number of amides is 1. The van der Waals surface area contributed by atoms with Gasteiger partial charge in [-0.15, -0.1) is 0 Å². The Balaban J connectivity index is 1.56. The molecule has 0 spiro atoms. The van der Waals surface area contributed by atoms with Crippen molar-refractivity contribution in [1.82, 2.24) is 10.2 Å². The van der Waals surface area contributed by atoms with Gasteiger partial charge >= 0.3 is 0 Å². The third-order valence-electron chi connectivity index (χ3n) is 6.62. The number of anilines is 1. The molecule has 2 fully saturated rings. The van der Waals surface area contributed by atoms with Crippen LogP contribution >= 0.6 is 0 Å². The Morgan fingerprint density at radius 2 is 1.76 bits per heavy atom. The average Bonchev–Trinajstić information content (AvgIpc) is 2.99. The molecule has 1 amide bonds. The monoisotopic (exact) mass is 396 g/mol. The molecule has 2 saturated carbocycles. The van der Waals surface area contributed by atoms with Crippen LogP contribution in [0.2, 0.25) is 0 Å². The molecule has 5 heteroatoms. The molecule has 0 atom stereocenters. The molecule has 158 valence electrons. The van der Waals surface area contributed by atoms with Crippen LogP contribution in [0.1, 0.15) is 76.2 Å². The quantitative estimate of drug-likeness (QED) is 0.661. The first kappa shape index (κ1) is 21.6. The second kappa shape index (κ2) is 10.6. The Bertz CT molecular complexity index is 697. The predicted molar refractivity (Wildman–Crippen MR) is 117 cm³/mol. The first-order valence-electron chi connectivity index (χ1n) is 11.4. The molecule has 0 heterocycles. The van der Waals surface area contributed by atoms with Gasteiger partial charge in [-0.3, -0.25) is 9.69 Å². The van der Waals surface area contributed by atoms with Crippen LogP contribution < -0.4 is 10.6 Å². The maximum Gasteiger partial charge on any atom is 0.240 e. The molecule has 0 unspecified atom stereocenters. The summed E-state index contributed by atoms with van der Waals surface area (Å²) in [7, 11) is 2.21. The molecule has 29 heavy (non-hydrogen) atoms. The fourth-order valence-electron chi connectivity index (χ4n) is 4.83. The lowest BCUT2D eigenvalue weighted by molar-refractivity contribution is -0.120. The average molecular weight is 397 g/mol. The fourth-order valence-corrected chi connectivity index (χ4v) is 4.83. The molecule has 2 aliphatic carbocycles. The zero-order valence-electron chi connectivity index (χ0n) is 17.9. The van der Waals surface area contributed by atoms with Crippen molar-refractivity contribution >= 4 is 11.6 Å². The van der Waals surface area contributed by atoms with Gasteiger partial charge in [-0.2, -0.15) is 5.26 Å². The summed E-state index contributed by atoms with van der Waals surface area (Å²) < 4.78 is 0. The van der Waals surface area contributed by atoms with Crippen molar-refractivity contribution in [1.29, 1.82) is 5.26 Å². The van der Waals surface area contributed by atoms with Crippen molar-refractivity contribution in [3.8, 4) is 6.07 Å². The Labute approximate surface area is 175 Å². The number of nitrogens with zero attached hydrogens (tertiary/aromatic N) is 2. The number of benzene rings is 1. The maximum absolute atomic E-state index is 12.6. The highest BCUT2D eigenvalue weighted by Crippen LogP contribution is 2.27. The normalized spacial score (nSPS) is 19.9. The lowest BCUT2D eigenvalue weighted by Crippen LogP contribution is -2.49. The van der Waals surface area contributed by atoms with E-state index in [2.05, 4.69) is 40.8 Å². The predicted octanol–water partition coefficient (Wildman–Crippen LogP) is 4.60. The molecule has 0 bridgehead atoms. The summed E-state index contributed by atoms with van der Waals surface area (Å²) in [4.78, 5) is 15.1. The van der Waals surface area contributed by atoms with E-state index in [4.69, 9.17) is 0 Å². The lowest BCUT2D eigenvalue weighted by atomic mass is 9.92. The van der Waals surface area contributed by atoms with Crippen LogP contribution in [0, 0.1) is 11.3 Å². The van der Waals surface area contributed by atoms with Crippen molar-refractivity contribution in [2.24, 2.45) is 0 Å². The number of hydrogen-bond donors (Lipinski definition) is 2. The lowest BCUT2D eigenvalue weighted by Gasteiger charge is -2.31. The van der Waals surface area contributed by atoms with Crippen LogP contribution in [0.4, 0.5) is 5.69 Å². The highest BCUT2D eigenvalue weighted by molar-refractivity contribution is 5.82. The number of carbonyl (C=O) groups is 1. The second-order valence-electron chi connectivity index (χ2n) is 8.87. The molecule has 0 aliphatic heterocycles. The Morgan fingerprint density at radius 1 is 1.10 bits per heavy atom. The van der Waals surface area contributed by atoms with Gasteiger partial charge < -0.3 is 10.6 Å². The highest BCUT2D eigenvalue weighted by atomic mass is 16.2. The summed E-state index contributed by atoms with van der Waals surface area (Å²) >= 11 is 0. The van der Waals surface area contributed by atoms with Crippen LogP contribution in [-0.2, 0) is 11.3 Å². The molecule has 5 nitrogen and oxygen atoms in total. The summed E-state index contributed by atoms with van der Waals surface area (Å²) in [5.74, 6) is -0.0936. The van der Waals surface area contributed by atoms with Gasteiger partial charge in [0.05, 0.1) is 12.6 Å². The van der Waals surface area contributed by atoms with Gasteiger partial charge in [0.15, 0.2) is 0 Å². The first-order valence-corrected chi connectivity index (χ1v) is 11.4. The van der Waals surface area contributed by atoms with Gasteiger partial charge in [-0.05, 0) is 44.4 Å². The summed E-state index contributed by atoms with van der Waals surface area (Å²) in [6, 6.07) is 11.3. The van der Waals surface area contributed by atoms with E-state index < -0.39 is 5.54 Å². The van der Waals surface area contributed by atoms with Crippen molar-refractivity contribution < 1.29 is 4.79 Å². The van der Waals surface area contributed by atoms with E-state index >= 15 is 0 Å². The van der Waals surface area contributed by atoms with Gasteiger partial charge in [0.1, 0.15) is 5.54 Å². The largest absolute Gasteiger partial charge is 0.376 e. The molecule has 2 aliphatic rings. The van der Waals surface area contributed by atoms with Gasteiger partial charge in [0.2, 0.25) is 5.91 Å². The number of para-hydroxylation sites is 1. The molecular weight excluding hydrogens is 360 g/mol. The minimum atomic E-state index is -0.685. The molecule has 3 rings (SSSR count). The van der Waals surface area contributed by atoms with Gasteiger partial charge in [-0.1, -0.05) is 63.1 Å². The smallest absolute Gasteiger partial charge is 0.240 e. The van der Waals surface area contributed by atoms with E-state index in [1.807, 2.05) is 12.1 Å². The van der Waals surface area contributed by atoms with Gasteiger partial charge in [0, 0.05) is 18.3 Å². The van der Waals surface area contributed by atoms with Crippen LogP contribution in [0.15, 0.2) is 24.3 Å². The van der Waals surface area contributed by atoms with Crippen molar-refractivity contribution in [2.75, 3.05) is 18.9 Å².